The average Bonchev–Trinajstić information content (AvgIpc) is 2.88. The van der Waals surface area contributed by atoms with Crippen LogP contribution in [-0.4, -0.2) is 40.5 Å². The van der Waals surface area contributed by atoms with Gasteiger partial charge in [-0.3, -0.25) is 4.90 Å². The number of imidazole rings is 1. The zero-order chi connectivity index (χ0) is 18.9. The van der Waals surface area contributed by atoms with E-state index in [-0.39, 0.29) is 0 Å². The number of nitrogens with one attached hydrogen (secondary N) is 1. The molecule has 4 nitrogen and oxygen atoms in total. The Morgan fingerprint density at radius 3 is 2.79 bits per heavy atom. The van der Waals surface area contributed by atoms with Crippen molar-refractivity contribution in [1.82, 2.24) is 19.6 Å². The van der Waals surface area contributed by atoms with E-state index in [2.05, 4.69) is 82.3 Å². The minimum atomic E-state index is 0.925. The lowest BCUT2D eigenvalue weighted by molar-refractivity contribution is 0.281. The fourth-order valence-corrected chi connectivity index (χ4v) is 4.19. The molecule has 1 aliphatic rings. The van der Waals surface area contributed by atoms with Crippen LogP contribution in [0.1, 0.15) is 17.7 Å². The maximum atomic E-state index is 5.06. The predicted octanol–water partition coefficient (Wildman–Crippen LogP) is 4.26. The van der Waals surface area contributed by atoms with E-state index in [4.69, 9.17) is 4.98 Å². The highest BCUT2D eigenvalue weighted by atomic mass is 15.2. The zero-order valence-corrected chi connectivity index (χ0v) is 16.4. The van der Waals surface area contributed by atoms with Crippen LogP contribution in [0.4, 0.5) is 0 Å². The maximum Gasteiger partial charge on any atom is 0.137 e. The van der Waals surface area contributed by atoms with Crippen molar-refractivity contribution < 1.29 is 0 Å². The molecule has 0 bridgehead atoms. The summed E-state index contributed by atoms with van der Waals surface area (Å²) in [4.78, 5) is 7.61. The fraction of sp³-hybridized carbons (Fsp3) is 0.292. The molecule has 0 atom stereocenters. The van der Waals surface area contributed by atoms with Gasteiger partial charge < -0.3 is 9.72 Å². The first-order chi connectivity index (χ1) is 13.8. The number of benzene rings is 2. The van der Waals surface area contributed by atoms with Gasteiger partial charge in [-0.05, 0) is 61.0 Å². The van der Waals surface area contributed by atoms with Crippen LogP contribution in [0.15, 0.2) is 60.8 Å². The molecule has 1 saturated heterocycles. The van der Waals surface area contributed by atoms with Crippen LogP contribution in [0.25, 0.3) is 27.7 Å². The summed E-state index contributed by atoms with van der Waals surface area (Å²) in [7, 11) is 0. The van der Waals surface area contributed by atoms with Crippen LogP contribution in [0.2, 0.25) is 0 Å². The molecule has 0 spiro atoms. The van der Waals surface area contributed by atoms with E-state index in [1.54, 1.807) is 0 Å². The summed E-state index contributed by atoms with van der Waals surface area (Å²) in [6.45, 7) is 7.43. The van der Waals surface area contributed by atoms with Crippen molar-refractivity contribution >= 4 is 16.4 Å². The van der Waals surface area contributed by atoms with Crippen LogP contribution in [0, 0.1) is 6.92 Å². The lowest BCUT2D eigenvalue weighted by Crippen LogP contribution is -2.28. The van der Waals surface area contributed by atoms with E-state index in [1.165, 1.54) is 34.0 Å². The molecular formula is C24H26N4. The lowest BCUT2D eigenvalue weighted by Gasteiger charge is -2.20. The van der Waals surface area contributed by atoms with E-state index < -0.39 is 0 Å². The number of hydrogen-bond acceptors (Lipinski definition) is 3. The Morgan fingerprint density at radius 1 is 0.964 bits per heavy atom. The number of aryl methyl sites for hydroxylation is 1. The summed E-state index contributed by atoms with van der Waals surface area (Å²) < 4.78 is 2.27. The van der Waals surface area contributed by atoms with Crippen molar-refractivity contribution in [1.29, 1.82) is 0 Å². The molecule has 0 unspecified atom stereocenters. The Balaban J connectivity index is 1.63. The van der Waals surface area contributed by atoms with Gasteiger partial charge in [0.25, 0.3) is 0 Å². The predicted molar refractivity (Wildman–Crippen MR) is 116 cm³/mol. The van der Waals surface area contributed by atoms with Crippen molar-refractivity contribution in [2.24, 2.45) is 0 Å². The highest BCUT2D eigenvalue weighted by Crippen LogP contribution is 2.29. The number of rotatable bonds is 3. The van der Waals surface area contributed by atoms with Gasteiger partial charge in [-0.15, -0.1) is 0 Å². The Kier molecular flexibility index (Phi) is 4.59. The first kappa shape index (κ1) is 17.4. The summed E-state index contributed by atoms with van der Waals surface area (Å²) in [6, 6.07) is 19.6. The number of hydrogen-bond donors (Lipinski definition) is 1. The molecule has 28 heavy (non-hydrogen) atoms. The van der Waals surface area contributed by atoms with Crippen LogP contribution < -0.4 is 5.32 Å². The van der Waals surface area contributed by atoms with Gasteiger partial charge in [-0.25, -0.2) is 4.98 Å². The molecule has 2 aromatic heterocycles. The Labute approximate surface area is 165 Å². The molecular weight excluding hydrogens is 344 g/mol. The third-order valence-electron chi connectivity index (χ3n) is 5.71. The first-order valence-corrected chi connectivity index (χ1v) is 10.2. The smallest absolute Gasteiger partial charge is 0.137 e. The Bertz CT molecular complexity index is 1120. The number of nitrogens with zero attached hydrogens (tertiary/aromatic N) is 3. The van der Waals surface area contributed by atoms with Crippen molar-refractivity contribution in [3.8, 4) is 11.3 Å². The topological polar surface area (TPSA) is 32.6 Å². The molecule has 3 heterocycles. The molecule has 1 fully saturated rings. The molecule has 0 amide bonds. The van der Waals surface area contributed by atoms with Gasteiger partial charge in [0.1, 0.15) is 5.65 Å². The summed E-state index contributed by atoms with van der Waals surface area (Å²) in [5, 5.41) is 6.04. The van der Waals surface area contributed by atoms with E-state index in [1.807, 2.05) is 0 Å². The van der Waals surface area contributed by atoms with Gasteiger partial charge in [-0.2, -0.15) is 0 Å². The molecule has 5 rings (SSSR count). The third-order valence-corrected chi connectivity index (χ3v) is 5.71. The molecule has 0 radical (unpaired) electrons. The van der Waals surface area contributed by atoms with E-state index in [9.17, 15) is 0 Å². The van der Waals surface area contributed by atoms with Gasteiger partial charge in [0.05, 0.1) is 11.4 Å². The van der Waals surface area contributed by atoms with E-state index in [0.717, 1.165) is 44.1 Å². The summed E-state index contributed by atoms with van der Waals surface area (Å²) >= 11 is 0. The van der Waals surface area contributed by atoms with E-state index >= 15 is 0 Å². The maximum absolute atomic E-state index is 5.06. The molecule has 1 N–H and O–H groups in total. The highest BCUT2D eigenvalue weighted by Gasteiger charge is 2.18. The average molecular weight is 371 g/mol. The van der Waals surface area contributed by atoms with Gasteiger partial charge in [0, 0.05) is 31.4 Å². The number of aromatic nitrogens is 2. The monoisotopic (exact) mass is 370 g/mol. The van der Waals surface area contributed by atoms with Gasteiger partial charge in [-0.1, -0.05) is 36.4 Å². The Hall–Kier alpha value is -2.69. The second kappa shape index (κ2) is 7.38. The SMILES string of the molecule is Cc1ccn2c(CN3CCCNCC3)c(-c3ccc4ccccc4c3)nc2c1. The van der Waals surface area contributed by atoms with Crippen molar-refractivity contribution in [3.05, 3.63) is 72.1 Å². The fourth-order valence-electron chi connectivity index (χ4n) is 4.19. The molecule has 1 aliphatic heterocycles. The standard InChI is InChI=1S/C24H26N4/c1-18-9-13-28-22(17-27-12-4-10-25-11-14-27)24(26-23(28)15-18)21-8-7-19-5-2-3-6-20(19)16-21/h2-3,5-9,13,15-16,25H,4,10-12,14,17H2,1H3. The van der Waals surface area contributed by atoms with Gasteiger partial charge >= 0.3 is 0 Å². The Morgan fingerprint density at radius 2 is 1.86 bits per heavy atom. The quantitative estimate of drug-likeness (QED) is 0.585. The second-order valence-electron chi connectivity index (χ2n) is 7.78. The van der Waals surface area contributed by atoms with Crippen LogP contribution >= 0.6 is 0 Å². The lowest BCUT2D eigenvalue weighted by atomic mass is 10.0. The molecule has 4 heteroatoms. The van der Waals surface area contributed by atoms with Gasteiger partial charge in [0.15, 0.2) is 0 Å². The summed E-state index contributed by atoms with van der Waals surface area (Å²) in [6.07, 6.45) is 3.37. The van der Waals surface area contributed by atoms with Crippen LogP contribution in [0.5, 0.6) is 0 Å². The zero-order valence-electron chi connectivity index (χ0n) is 16.4. The normalized spacial score (nSPS) is 15.9. The van der Waals surface area contributed by atoms with Crippen LogP contribution in [-0.2, 0) is 6.54 Å². The van der Waals surface area contributed by atoms with E-state index in [0.29, 0.717) is 0 Å². The third kappa shape index (κ3) is 3.30. The minimum absolute atomic E-state index is 0.925. The number of fused-ring (bicyclic) bond motifs is 2. The molecule has 142 valence electrons. The van der Waals surface area contributed by atoms with Crippen molar-refractivity contribution in [2.75, 3.05) is 26.2 Å². The summed E-state index contributed by atoms with van der Waals surface area (Å²) in [5.74, 6) is 0. The van der Waals surface area contributed by atoms with Crippen molar-refractivity contribution in [3.63, 3.8) is 0 Å². The molecule has 0 saturated carbocycles. The molecule has 4 aromatic rings. The molecule has 2 aromatic carbocycles. The number of pyridine rings is 1. The highest BCUT2D eigenvalue weighted by molar-refractivity contribution is 5.87. The van der Waals surface area contributed by atoms with Crippen molar-refractivity contribution in [2.45, 2.75) is 19.9 Å². The van der Waals surface area contributed by atoms with Gasteiger partial charge in [0.2, 0.25) is 0 Å². The first-order valence-electron chi connectivity index (χ1n) is 10.2. The summed E-state index contributed by atoms with van der Waals surface area (Å²) in [5.41, 5.74) is 5.86. The minimum Gasteiger partial charge on any atom is -0.315 e. The van der Waals surface area contributed by atoms with Crippen LogP contribution in [0.3, 0.4) is 0 Å². The largest absolute Gasteiger partial charge is 0.315 e. The molecule has 0 aliphatic carbocycles. The second-order valence-corrected chi connectivity index (χ2v) is 7.78.